The van der Waals surface area contributed by atoms with Gasteiger partial charge in [-0.1, -0.05) is 24.1 Å². The highest BCUT2D eigenvalue weighted by atomic mass is 16.2. The number of hydrogen-bond acceptors (Lipinski definition) is 2. The summed E-state index contributed by atoms with van der Waals surface area (Å²) in [4.78, 5) is 11.3. The fourth-order valence-corrected chi connectivity index (χ4v) is 1.12. The third-order valence-electron chi connectivity index (χ3n) is 1.84. The van der Waals surface area contributed by atoms with Crippen LogP contribution in [0.25, 0.3) is 0 Å². The van der Waals surface area contributed by atoms with Gasteiger partial charge in [-0.3, -0.25) is 0 Å². The van der Waals surface area contributed by atoms with Gasteiger partial charge in [0.15, 0.2) is 0 Å². The van der Waals surface area contributed by atoms with E-state index >= 15 is 0 Å². The van der Waals surface area contributed by atoms with Crippen molar-refractivity contribution in [3.05, 3.63) is 29.8 Å². The number of hydrogen-bond donors (Lipinski definition) is 3. The first-order chi connectivity index (χ1) is 7.27. The van der Waals surface area contributed by atoms with E-state index in [0.717, 1.165) is 5.56 Å². The van der Waals surface area contributed by atoms with Gasteiger partial charge in [-0.25, -0.2) is 4.79 Å². The van der Waals surface area contributed by atoms with Crippen LogP contribution < -0.4 is 16.4 Å². The molecule has 0 unspecified atom stereocenters. The molecule has 1 rings (SSSR count). The van der Waals surface area contributed by atoms with Crippen molar-refractivity contribution in [2.24, 2.45) is 5.73 Å². The van der Waals surface area contributed by atoms with Crippen LogP contribution in [0.3, 0.4) is 0 Å². The molecule has 0 radical (unpaired) electrons. The molecule has 4 nitrogen and oxygen atoms in total. The average Bonchev–Trinajstić information content (AvgIpc) is 2.27. The van der Waals surface area contributed by atoms with E-state index in [1.807, 2.05) is 18.2 Å². The molecule has 0 saturated heterocycles. The topological polar surface area (TPSA) is 67.2 Å². The van der Waals surface area contributed by atoms with Crippen LogP contribution in [-0.4, -0.2) is 12.6 Å². The zero-order valence-electron chi connectivity index (χ0n) is 8.29. The predicted octanol–water partition coefficient (Wildman–Crippen LogP) is 0.900. The molecule has 1 aromatic rings. The Morgan fingerprint density at radius 3 is 2.87 bits per heavy atom. The van der Waals surface area contributed by atoms with Crippen molar-refractivity contribution >= 4 is 11.7 Å². The Kier molecular flexibility index (Phi) is 4.20. The van der Waals surface area contributed by atoms with Crippen LogP contribution in [0, 0.1) is 12.3 Å². The zero-order chi connectivity index (χ0) is 11.1. The number of rotatable bonds is 3. The van der Waals surface area contributed by atoms with Crippen LogP contribution >= 0.6 is 0 Å². The Morgan fingerprint density at radius 1 is 1.47 bits per heavy atom. The van der Waals surface area contributed by atoms with Crippen LogP contribution in [0.1, 0.15) is 5.56 Å². The normalized spacial score (nSPS) is 9.07. The summed E-state index contributed by atoms with van der Waals surface area (Å²) in [5.41, 5.74) is 7.11. The maximum Gasteiger partial charge on any atom is 0.320 e. The molecular formula is C11H13N3O. The van der Waals surface area contributed by atoms with E-state index in [1.54, 1.807) is 6.07 Å². The minimum atomic E-state index is -0.325. The number of nitrogens with two attached hydrogens (primary N) is 1. The lowest BCUT2D eigenvalue weighted by Crippen LogP contribution is -2.29. The summed E-state index contributed by atoms with van der Waals surface area (Å²) in [6, 6.07) is 7.02. The maximum absolute atomic E-state index is 11.3. The maximum atomic E-state index is 11.3. The highest BCUT2D eigenvalue weighted by Gasteiger charge is 2.03. The largest absolute Gasteiger partial charge is 0.327 e. The van der Waals surface area contributed by atoms with Crippen molar-refractivity contribution in [1.29, 1.82) is 0 Å². The van der Waals surface area contributed by atoms with Gasteiger partial charge in [0.25, 0.3) is 0 Å². The molecule has 0 aliphatic carbocycles. The summed E-state index contributed by atoms with van der Waals surface area (Å²) in [6.07, 6.45) is 5.01. The van der Waals surface area contributed by atoms with Crippen LogP contribution in [0.5, 0.6) is 0 Å². The Hall–Kier alpha value is -1.99. The minimum absolute atomic E-state index is 0.205. The van der Waals surface area contributed by atoms with E-state index in [-0.39, 0.29) is 12.6 Å². The lowest BCUT2D eigenvalue weighted by molar-refractivity contribution is 0.253. The monoisotopic (exact) mass is 203 g/mol. The number of benzene rings is 1. The van der Waals surface area contributed by atoms with Crippen molar-refractivity contribution in [1.82, 2.24) is 5.32 Å². The van der Waals surface area contributed by atoms with Gasteiger partial charge in [-0.2, -0.15) is 0 Å². The van der Waals surface area contributed by atoms with E-state index in [0.29, 0.717) is 12.2 Å². The first kappa shape index (κ1) is 11.1. The van der Waals surface area contributed by atoms with Gasteiger partial charge in [-0.05, 0) is 11.6 Å². The lowest BCUT2D eigenvalue weighted by Gasteiger charge is -2.09. The number of amides is 2. The average molecular weight is 203 g/mol. The number of carbonyl (C=O) groups is 1. The molecule has 0 heterocycles. The molecule has 0 spiro atoms. The Bertz CT molecular complexity index is 382. The molecule has 4 heteroatoms. The van der Waals surface area contributed by atoms with E-state index in [4.69, 9.17) is 12.2 Å². The molecule has 4 N–H and O–H groups in total. The van der Waals surface area contributed by atoms with Crippen LogP contribution in [-0.2, 0) is 6.54 Å². The molecule has 0 aromatic heterocycles. The molecule has 0 atom stereocenters. The molecular weight excluding hydrogens is 190 g/mol. The highest BCUT2D eigenvalue weighted by Crippen LogP contribution is 2.13. The third-order valence-corrected chi connectivity index (χ3v) is 1.84. The van der Waals surface area contributed by atoms with Crippen molar-refractivity contribution in [3.8, 4) is 12.3 Å². The second-order valence-electron chi connectivity index (χ2n) is 2.87. The standard InChI is InChI=1S/C11H13N3O/c1-2-7-13-11(15)14-10-6-4-3-5-9(10)8-12/h1,3-6H,7-8,12H2,(H2,13,14,15). The molecule has 78 valence electrons. The summed E-state index contributed by atoms with van der Waals surface area (Å²) in [7, 11) is 0. The summed E-state index contributed by atoms with van der Waals surface area (Å²) in [5, 5.41) is 5.18. The van der Waals surface area contributed by atoms with Crippen LogP contribution in [0.2, 0.25) is 0 Å². The number of anilines is 1. The molecule has 15 heavy (non-hydrogen) atoms. The first-order valence-electron chi connectivity index (χ1n) is 4.54. The van der Waals surface area contributed by atoms with Gasteiger partial charge in [0, 0.05) is 12.2 Å². The van der Waals surface area contributed by atoms with Gasteiger partial charge in [0.1, 0.15) is 0 Å². The molecule has 0 bridgehead atoms. The van der Waals surface area contributed by atoms with Gasteiger partial charge < -0.3 is 16.4 Å². The highest BCUT2D eigenvalue weighted by molar-refractivity contribution is 5.90. The van der Waals surface area contributed by atoms with E-state index in [9.17, 15) is 4.79 Å². The smallest absolute Gasteiger partial charge is 0.320 e. The fraction of sp³-hybridized carbons (Fsp3) is 0.182. The molecule has 0 fully saturated rings. The Labute approximate surface area is 88.9 Å². The van der Waals surface area contributed by atoms with Crippen molar-refractivity contribution in [2.45, 2.75) is 6.54 Å². The Balaban J connectivity index is 2.64. The summed E-state index contributed by atoms with van der Waals surface area (Å²) >= 11 is 0. The molecule has 0 saturated carbocycles. The van der Waals surface area contributed by atoms with Crippen LogP contribution in [0.15, 0.2) is 24.3 Å². The second-order valence-corrected chi connectivity index (χ2v) is 2.87. The van der Waals surface area contributed by atoms with E-state index in [2.05, 4.69) is 16.6 Å². The molecule has 2 amide bonds. The quantitative estimate of drug-likeness (QED) is 0.639. The summed E-state index contributed by atoms with van der Waals surface area (Å²) in [6.45, 7) is 0.586. The predicted molar refractivity (Wildman–Crippen MR) is 60.2 cm³/mol. The van der Waals surface area contributed by atoms with Crippen molar-refractivity contribution in [3.63, 3.8) is 0 Å². The number of terminal acetylenes is 1. The van der Waals surface area contributed by atoms with E-state index in [1.165, 1.54) is 0 Å². The third kappa shape index (κ3) is 3.33. The number of para-hydroxylation sites is 1. The van der Waals surface area contributed by atoms with E-state index < -0.39 is 0 Å². The zero-order valence-corrected chi connectivity index (χ0v) is 8.29. The summed E-state index contributed by atoms with van der Waals surface area (Å²) < 4.78 is 0. The number of nitrogens with one attached hydrogen (secondary N) is 2. The second kappa shape index (κ2) is 5.68. The molecule has 0 aliphatic rings. The van der Waals surface area contributed by atoms with Gasteiger partial charge in [0.2, 0.25) is 0 Å². The molecule has 0 aliphatic heterocycles. The van der Waals surface area contributed by atoms with Crippen molar-refractivity contribution < 1.29 is 4.79 Å². The first-order valence-corrected chi connectivity index (χ1v) is 4.54. The van der Waals surface area contributed by atoms with Gasteiger partial charge in [0.05, 0.1) is 6.54 Å². The minimum Gasteiger partial charge on any atom is -0.327 e. The number of urea groups is 1. The van der Waals surface area contributed by atoms with Crippen LogP contribution in [0.4, 0.5) is 10.5 Å². The van der Waals surface area contributed by atoms with Gasteiger partial charge >= 0.3 is 6.03 Å². The Morgan fingerprint density at radius 2 is 2.20 bits per heavy atom. The SMILES string of the molecule is C#CCNC(=O)Nc1ccccc1CN. The summed E-state index contributed by atoms with van der Waals surface area (Å²) in [5.74, 6) is 2.32. The van der Waals surface area contributed by atoms with Crippen molar-refractivity contribution in [2.75, 3.05) is 11.9 Å². The van der Waals surface area contributed by atoms with Gasteiger partial charge in [-0.15, -0.1) is 6.42 Å². The fourth-order valence-electron chi connectivity index (χ4n) is 1.12. The molecule has 1 aromatic carbocycles. The number of carbonyl (C=O) groups excluding carboxylic acids is 1. The lowest BCUT2D eigenvalue weighted by atomic mass is 10.2.